The first kappa shape index (κ1) is 13.6. The lowest BCUT2D eigenvalue weighted by Crippen LogP contribution is -2.19. The van der Waals surface area contributed by atoms with Crippen LogP contribution < -0.4 is 0 Å². The summed E-state index contributed by atoms with van der Waals surface area (Å²) in [6, 6.07) is 4.10. The van der Waals surface area contributed by atoms with Gasteiger partial charge in [-0.05, 0) is 36.0 Å². The van der Waals surface area contributed by atoms with Gasteiger partial charge in [-0.25, -0.2) is 8.78 Å². The fourth-order valence-corrected chi connectivity index (χ4v) is 2.48. The standard InChI is InChI=1S/C13H17BrF2/c1-8(2)9(3)11(14)6-10-4-5-12(15)13(16)7-10/h4-5,7-9,11H,6H2,1-3H3. The summed E-state index contributed by atoms with van der Waals surface area (Å²) in [6.45, 7) is 6.47. The Bertz CT molecular complexity index is 350. The monoisotopic (exact) mass is 290 g/mol. The topological polar surface area (TPSA) is 0 Å². The maximum absolute atomic E-state index is 13.0. The summed E-state index contributed by atoms with van der Waals surface area (Å²) in [5.74, 6) is -0.496. The highest BCUT2D eigenvalue weighted by Crippen LogP contribution is 2.24. The third kappa shape index (κ3) is 3.55. The van der Waals surface area contributed by atoms with Gasteiger partial charge in [-0.15, -0.1) is 0 Å². The Balaban J connectivity index is 2.69. The third-order valence-electron chi connectivity index (χ3n) is 3.04. The Morgan fingerprint density at radius 3 is 2.25 bits per heavy atom. The van der Waals surface area contributed by atoms with E-state index in [0.717, 1.165) is 12.0 Å². The summed E-state index contributed by atoms with van der Waals surface area (Å²) >= 11 is 3.61. The van der Waals surface area contributed by atoms with E-state index in [4.69, 9.17) is 0 Å². The van der Waals surface area contributed by atoms with Crippen LogP contribution in [0.3, 0.4) is 0 Å². The van der Waals surface area contributed by atoms with E-state index in [-0.39, 0.29) is 4.83 Å². The molecule has 0 aliphatic rings. The van der Waals surface area contributed by atoms with Gasteiger partial charge in [0.25, 0.3) is 0 Å². The minimum absolute atomic E-state index is 0.289. The van der Waals surface area contributed by atoms with Crippen molar-refractivity contribution in [1.29, 1.82) is 0 Å². The normalized spacial score (nSPS) is 15.2. The number of hydrogen-bond donors (Lipinski definition) is 0. The number of rotatable bonds is 4. The molecule has 0 saturated carbocycles. The van der Waals surface area contributed by atoms with E-state index in [9.17, 15) is 8.78 Å². The molecule has 0 N–H and O–H groups in total. The van der Waals surface area contributed by atoms with E-state index in [1.165, 1.54) is 12.1 Å². The lowest BCUT2D eigenvalue weighted by atomic mass is 9.91. The summed E-state index contributed by atoms with van der Waals surface area (Å²) in [6.07, 6.45) is 0.719. The fourth-order valence-electron chi connectivity index (χ4n) is 1.50. The number of alkyl halides is 1. The van der Waals surface area contributed by atoms with Crippen molar-refractivity contribution in [2.45, 2.75) is 32.0 Å². The summed E-state index contributed by atoms with van der Waals surface area (Å²) in [4.78, 5) is 0.289. The molecule has 16 heavy (non-hydrogen) atoms. The number of halogens is 3. The predicted molar refractivity (Wildman–Crippen MR) is 66.8 cm³/mol. The number of benzene rings is 1. The molecule has 1 aromatic carbocycles. The van der Waals surface area contributed by atoms with Crippen molar-refractivity contribution < 1.29 is 8.78 Å². The van der Waals surface area contributed by atoms with Gasteiger partial charge in [0, 0.05) is 4.83 Å². The Labute approximate surface area is 104 Å². The van der Waals surface area contributed by atoms with Crippen LogP contribution in [0.25, 0.3) is 0 Å². The molecule has 0 fully saturated rings. The van der Waals surface area contributed by atoms with Crippen molar-refractivity contribution in [3.8, 4) is 0 Å². The maximum atomic E-state index is 13.0. The van der Waals surface area contributed by atoms with E-state index in [0.29, 0.717) is 11.8 Å². The van der Waals surface area contributed by atoms with E-state index < -0.39 is 11.6 Å². The zero-order valence-electron chi connectivity index (χ0n) is 9.81. The van der Waals surface area contributed by atoms with Crippen molar-refractivity contribution in [2.75, 3.05) is 0 Å². The average molecular weight is 291 g/mol. The van der Waals surface area contributed by atoms with Crippen LogP contribution in [0.15, 0.2) is 18.2 Å². The van der Waals surface area contributed by atoms with Crippen LogP contribution in [0.2, 0.25) is 0 Å². The van der Waals surface area contributed by atoms with Crippen LogP contribution in [0.5, 0.6) is 0 Å². The van der Waals surface area contributed by atoms with Gasteiger partial charge >= 0.3 is 0 Å². The quantitative estimate of drug-likeness (QED) is 0.713. The van der Waals surface area contributed by atoms with Crippen LogP contribution >= 0.6 is 15.9 Å². The molecule has 0 nitrogen and oxygen atoms in total. The second-order valence-corrected chi connectivity index (χ2v) is 5.75. The van der Waals surface area contributed by atoms with Crippen LogP contribution in [-0.4, -0.2) is 4.83 Å². The molecular weight excluding hydrogens is 274 g/mol. The van der Waals surface area contributed by atoms with Crippen LogP contribution in [0.4, 0.5) is 8.78 Å². The lowest BCUT2D eigenvalue weighted by molar-refractivity contribution is 0.407. The van der Waals surface area contributed by atoms with Gasteiger partial charge in [0.15, 0.2) is 11.6 Å². The molecule has 0 heterocycles. The summed E-state index contributed by atoms with van der Waals surface area (Å²) < 4.78 is 25.7. The fraction of sp³-hybridized carbons (Fsp3) is 0.538. The molecule has 2 atom stereocenters. The van der Waals surface area contributed by atoms with Crippen molar-refractivity contribution in [2.24, 2.45) is 11.8 Å². The van der Waals surface area contributed by atoms with Crippen LogP contribution in [-0.2, 0) is 6.42 Å². The zero-order chi connectivity index (χ0) is 12.3. The molecule has 0 aliphatic heterocycles. The minimum atomic E-state index is -0.785. The van der Waals surface area contributed by atoms with Gasteiger partial charge in [0.05, 0.1) is 0 Å². The summed E-state index contributed by atoms with van der Waals surface area (Å²) in [5, 5.41) is 0. The van der Waals surface area contributed by atoms with E-state index in [1.54, 1.807) is 6.07 Å². The largest absolute Gasteiger partial charge is 0.204 e. The molecule has 0 aromatic heterocycles. The van der Waals surface area contributed by atoms with Gasteiger partial charge in [-0.3, -0.25) is 0 Å². The van der Waals surface area contributed by atoms with E-state index in [1.807, 2.05) is 0 Å². The van der Waals surface area contributed by atoms with Crippen molar-refractivity contribution in [3.05, 3.63) is 35.4 Å². The first-order chi connectivity index (χ1) is 7.41. The van der Waals surface area contributed by atoms with E-state index >= 15 is 0 Å². The molecule has 0 aliphatic carbocycles. The van der Waals surface area contributed by atoms with Gasteiger partial charge < -0.3 is 0 Å². The first-order valence-electron chi connectivity index (χ1n) is 5.49. The molecular formula is C13H17BrF2. The SMILES string of the molecule is CC(C)C(C)C(Br)Cc1ccc(F)c(F)c1. The highest BCUT2D eigenvalue weighted by molar-refractivity contribution is 9.09. The summed E-state index contributed by atoms with van der Waals surface area (Å²) in [7, 11) is 0. The average Bonchev–Trinajstić information content (AvgIpc) is 2.22. The molecule has 0 radical (unpaired) electrons. The van der Waals surface area contributed by atoms with Gasteiger partial charge in [0.1, 0.15) is 0 Å². The predicted octanol–water partition coefficient (Wildman–Crippen LogP) is 4.56. The van der Waals surface area contributed by atoms with Gasteiger partial charge in [-0.1, -0.05) is 42.8 Å². The second-order valence-electron chi connectivity index (χ2n) is 4.57. The molecule has 0 amide bonds. The smallest absolute Gasteiger partial charge is 0.159 e. The minimum Gasteiger partial charge on any atom is -0.204 e. The Hall–Kier alpha value is -0.440. The maximum Gasteiger partial charge on any atom is 0.159 e. The van der Waals surface area contributed by atoms with Crippen LogP contribution in [0, 0.1) is 23.5 Å². The Morgan fingerprint density at radius 2 is 1.75 bits per heavy atom. The number of hydrogen-bond acceptors (Lipinski definition) is 0. The highest BCUT2D eigenvalue weighted by Gasteiger charge is 2.18. The van der Waals surface area contributed by atoms with Crippen molar-refractivity contribution in [1.82, 2.24) is 0 Å². The molecule has 0 saturated heterocycles. The molecule has 90 valence electrons. The van der Waals surface area contributed by atoms with Gasteiger partial charge in [-0.2, -0.15) is 0 Å². The third-order valence-corrected chi connectivity index (χ3v) is 4.19. The molecule has 2 unspecified atom stereocenters. The molecule has 0 spiro atoms. The second kappa shape index (κ2) is 5.76. The Morgan fingerprint density at radius 1 is 1.12 bits per heavy atom. The van der Waals surface area contributed by atoms with Crippen molar-refractivity contribution >= 4 is 15.9 Å². The molecule has 1 aromatic rings. The zero-order valence-corrected chi connectivity index (χ0v) is 11.4. The molecule has 1 rings (SSSR count). The summed E-state index contributed by atoms with van der Waals surface area (Å²) in [5.41, 5.74) is 0.827. The highest BCUT2D eigenvalue weighted by atomic mass is 79.9. The van der Waals surface area contributed by atoms with Gasteiger partial charge in [0.2, 0.25) is 0 Å². The molecule has 3 heteroatoms. The molecule has 0 bridgehead atoms. The Kier molecular flexibility index (Phi) is 4.90. The first-order valence-corrected chi connectivity index (χ1v) is 6.41. The van der Waals surface area contributed by atoms with E-state index in [2.05, 4.69) is 36.7 Å². The lowest BCUT2D eigenvalue weighted by Gasteiger charge is -2.21. The van der Waals surface area contributed by atoms with Crippen molar-refractivity contribution in [3.63, 3.8) is 0 Å². The van der Waals surface area contributed by atoms with Crippen LogP contribution in [0.1, 0.15) is 26.3 Å².